The average Bonchev–Trinajstić information content (AvgIpc) is 2.62. The first-order valence-corrected chi connectivity index (χ1v) is 7.10. The zero-order valence-electron chi connectivity index (χ0n) is 13.2. The summed E-state index contributed by atoms with van der Waals surface area (Å²) in [5, 5.41) is 0. The number of carbonyl (C=O) groups excluding carboxylic acids is 4. The molecule has 0 radical (unpaired) electrons. The molecule has 0 aromatic heterocycles. The molecule has 0 spiro atoms. The van der Waals surface area contributed by atoms with Crippen molar-refractivity contribution in [1.29, 1.82) is 0 Å². The number of hydrogen-bond acceptors (Lipinski definition) is 8. The Balaban J connectivity index is 2.56. The summed E-state index contributed by atoms with van der Waals surface area (Å²) in [5.41, 5.74) is 0.630. The molecular weight excluding hydrogens is 320 g/mol. The average molecular weight is 336 g/mol. The highest BCUT2D eigenvalue weighted by molar-refractivity contribution is 6.04. The van der Waals surface area contributed by atoms with E-state index in [2.05, 4.69) is 4.74 Å². The number of benzene rings is 1. The van der Waals surface area contributed by atoms with Crippen LogP contribution >= 0.6 is 0 Å². The minimum Gasteiger partial charge on any atom is -0.465 e. The Hall–Kier alpha value is -2.90. The van der Waals surface area contributed by atoms with Crippen molar-refractivity contribution in [1.82, 2.24) is 0 Å². The topological polar surface area (TPSA) is 105 Å². The standard InChI is InChI=1S/C16H16O8/c1-21-15(19)11-6-9-5-10(14(11)16(20)22-2)8-24-13(18)4-3-12(17)23-7-9/h5-6H,3-4,7-8H2,1-2H3. The van der Waals surface area contributed by atoms with Gasteiger partial charge in [-0.1, -0.05) is 0 Å². The van der Waals surface area contributed by atoms with E-state index < -0.39 is 23.9 Å². The highest BCUT2D eigenvalue weighted by atomic mass is 16.5. The van der Waals surface area contributed by atoms with Gasteiger partial charge in [0.1, 0.15) is 13.2 Å². The first-order valence-electron chi connectivity index (χ1n) is 7.10. The first-order chi connectivity index (χ1) is 11.5. The van der Waals surface area contributed by atoms with Gasteiger partial charge in [0.25, 0.3) is 0 Å². The lowest BCUT2D eigenvalue weighted by Gasteiger charge is -2.14. The van der Waals surface area contributed by atoms with E-state index in [0.717, 1.165) is 0 Å². The minimum atomic E-state index is -0.764. The van der Waals surface area contributed by atoms with Gasteiger partial charge in [0.05, 0.1) is 38.2 Å². The number of hydrogen-bond donors (Lipinski definition) is 0. The van der Waals surface area contributed by atoms with E-state index in [1.54, 1.807) is 0 Å². The fourth-order valence-electron chi connectivity index (χ4n) is 2.25. The molecule has 1 aromatic carbocycles. The molecule has 0 N–H and O–H groups in total. The van der Waals surface area contributed by atoms with Crippen LogP contribution in [-0.4, -0.2) is 38.1 Å². The largest absolute Gasteiger partial charge is 0.465 e. The zero-order valence-corrected chi connectivity index (χ0v) is 13.2. The monoisotopic (exact) mass is 336 g/mol. The molecule has 1 aromatic rings. The maximum absolute atomic E-state index is 12.1. The molecule has 0 saturated heterocycles. The van der Waals surface area contributed by atoms with Crippen LogP contribution in [0.25, 0.3) is 0 Å². The van der Waals surface area contributed by atoms with E-state index in [4.69, 9.17) is 14.2 Å². The number of cyclic esters (lactones) is 2. The fraction of sp³-hybridized carbons (Fsp3) is 0.375. The quantitative estimate of drug-likeness (QED) is 0.585. The van der Waals surface area contributed by atoms with E-state index >= 15 is 0 Å². The van der Waals surface area contributed by atoms with E-state index in [9.17, 15) is 19.2 Å². The van der Waals surface area contributed by atoms with Gasteiger partial charge in [-0.05, 0) is 17.7 Å². The summed E-state index contributed by atoms with van der Waals surface area (Å²) in [4.78, 5) is 47.3. The molecule has 8 heteroatoms. The minimum absolute atomic E-state index is 0.0496. The van der Waals surface area contributed by atoms with Gasteiger partial charge in [0.15, 0.2) is 0 Å². The predicted molar refractivity (Wildman–Crippen MR) is 77.9 cm³/mol. The molecule has 0 atom stereocenters. The lowest BCUT2D eigenvalue weighted by Crippen LogP contribution is -2.17. The number of esters is 4. The summed E-state index contributed by atoms with van der Waals surface area (Å²) < 4.78 is 19.5. The number of carbonyl (C=O) groups is 4. The van der Waals surface area contributed by atoms with Crippen molar-refractivity contribution in [3.05, 3.63) is 34.4 Å². The van der Waals surface area contributed by atoms with E-state index in [-0.39, 0.29) is 42.7 Å². The van der Waals surface area contributed by atoms with Crippen LogP contribution in [0.3, 0.4) is 0 Å². The second-order valence-electron chi connectivity index (χ2n) is 4.98. The lowest BCUT2D eigenvalue weighted by molar-refractivity contribution is -0.151. The molecule has 0 amide bonds. The van der Waals surface area contributed by atoms with Crippen molar-refractivity contribution in [2.75, 3.05) is 14.2 Å². The normalized spacial score (nSPS) is 14.8. The van der Waals surface area contributed by atoms with Gasteiger partial charge >= 0.3 is 23.9 Å². The Bertz CT molecular complexity index is 692. The van der Waals surface area contributed by atoms with Gasteiger partial charge in [0.2, 0.25) is 0 Å². The molecule has 1 aliphatic rings. The van der Waals surface area contributed by atoms with Gasteiger partial charge in [-0.2, -0.15) is 0 Å². The van der Waals surface area contributed by atoms with Crippen molar-refractivity contribution in [2.45, 2.75) is 26.1 Å². The molecule has 128 valence electrons. The van der Waals surface area contributed by atoms with Crippen molar-refractivity contribution in [3.8, 4) is 0 Å². The summed E-state index contributed by atoms with van der Waals surface area (Å²) in [6, 6.07) is 2.90. The van der Waals surface area contributed by atoms with Gasteiger partial charge in [-0.3, -0.25) is 9.59 Å². The Kier molecular flexibility index (Phi) is 5.51. The van der Waals surface area contributed by atoms with Crippen LogP contribution in [0, 0.1) is 0 Å². The Morgan fingerprint density at radius 3 is 2.08 bits per heavy atom. The Morgan fingerprint density at radius 2 is 1.50 bits per heavy atom. The van der Waals surface area contributed by atoms with Crippen molar-refractivity contribution >= 4 is 23.9 Å². The van der Waals surface area contributed by atoms with Crippen molar-refractivity contribution < 1.29 is 38.1 Å². The number of rotatable bonds is 2. The predicted octanol–water partition coefficient (Wildman–Crippen LogP) is 1.14. The molecule has 0 unspecified atom stereocenters. The summed E-state index contributed by atoms with van der Waals surface area (Å²) in [6.45, 7) is -0.346. The number of ether oxygens (including phenoxy) is 4. The molecule has 1 heterocycles. The van der Waals surface area contributed by atoms with Crippen LogP contribution in [0.2, 0.25) is 0 Å². The van der Waals surface area contributed by atoms with Crippen LogP contribution in [0.4, 0.5) is 0 Å². The number of methoxy groups -OCH3 is 2. The van der Waals surface area contributed by atoms with Crippen LogP contribution in [0.15, 0.2) is 12.1 Å². The van der Waals surface area contributed by atoms with Crippen LogP contribution in [0.1, 0.15) is 44.7 Å². The van der Waals surface area contributed by atoms with Crippen LogP contribution in [-0.2, 0) is 41.8 Å². The Morgan fingerprint density at radius 1 is 0.917 bits per heavy atom. The molecule has 24 heavy (non-hydrogen) atoms. The van der Waals surface area contributed by atoms with E-state index in [0.29, 0.717) is 5.56 Å². The Labute approximate surface area is 137 Å². The maximum atomic E-state index is 12.1. The van der Waals surface area contributed by atoms with Crippen molar-refractivity contribution in [2.24, 2.45) is 0 Å². The van der Waals surface area contributed by atoms with Crippen LogP contribution in [0.5, 0.6) is 0 Å². The molecule has 8 nitrogen and oxygen atoms in total. The van der Waals surface area contributed by atoms with E-state index in [1.807, 2.05) is 0 Å². The second kappa shape index (κ2) is 7.58. The SMILES string of the molecule is COC(=O)c1cc2cc(c1C(=O)OC)COC(=O)CCC(=O)OC2. The third-order valence-corrected chi connectivity index (χ3v) is 3.40. The zero-order chi connectivity index (χ0) is 17.7. The smallest absolute Gasteiger partial charge is 0.339 e. The van der Waals surface area contributed by atoms with E-state index in [1.165, 1.54) is 26.4 Å². The fourth-order valence-corrected chi connectivity index (χ4v) is 2.25. The third-order valence-electron chi connectivity index (χ3n) is 3.40. The number of fused-ring (bicyclic) bond motifs is 2. The highest BCUT2D eigenvalue weighted by Crippen LogP contribution is 2.23. The molecule has 2 bridgehead atoms. The third kappa shape index (κ3) is 3.89. The summed E-state index contributed by atoms with van der Waals surface area (Å²) in [5.74, 6) is -2.70. The molecule has 2 rings (SSSR count). The lowest BCUT2D eigenvalue weighted by atomic mass is 9.97. The maximum Gasteiger partial charge on any atom is 0.339 e. The highest BCUT2D eigenvalue weighted by Gasteiger charge is 2.25. The summed E-state index contributed by atoms with van der Waals surface area (Å²) >= 11 is 0. The first kappa shape index (κ1) is 17.5. The van der Waals surface area contributed by atoms with Crippen molar-refractivity contribution in [3.63, 3.8) is 0 Å². The second-order valence-corrected chi connectivity index (χ2v) is 4.98. The van der Waals surface area contributed by atoms with Gasteiger partial charge < -0.3 is 18.9 Å². The molecule has 0 aliphatic carbocycles. The molecule has 1 aliphatic heterocycles. The van der Waals surface area contributed by atoms with Gasteiger partial charge in [-0.25, -0.2) is 9.59 Å². The molecular formula is C16H16O8. The summed E-state index contributed by atoms with van der Waals surface area (Å²) in [7, 11) is 2.34. The molecule has 0 fully saturated rings. The van der Waals surface area contributed by atoms with Crippen LogP contribution < -0.4 is 0 Å². The molecule has 0 saturated carbocycles. The van der Waals surface area contributed by atoms with Gasteiger partial charge in [0, 0.05) is 5.56 Å². The van der Waals surface area contributed by atoms with Gasteiger partial charge in [-0.15, -0.1) is 0 Å². The summed E-state index contributed by atoms with van der Waals surface area (Å²) in [6.07, 6.45) is -0.241.